The molecule has 0 radical (unpaired) electrons. The van der Waals surface area contributed by atoms with Gasteiger partial charge in [-0.15, -0.1) is 4.40 Å². The number of carbonyl (C=O) groups is 1. The summed E-state index contributed by atoms with van der Waals surface area (Å²) in [5.74, 6) is 0.287. The third-order valence-corrected chi connectivity index (χ3v) is 4.30. The normalized spacial score (nSPS) is 15.6. The molecule has 0 unspecified atom stereocenters. The summed E-state index contributed by atoms with van der Waals surface area (Å²) in [6, 6.07) is 5.19. The molecule has 1 amide bonds. The Labute approximate surface area is 129 Å². The summed E-state index contributed by atoms with van der Waals surface area (Å²) in [6.45, 7) is 2.53. The molecule has 0 saturated heterocycles. The molecule has 0 aromatic heterocycles. The lowest BCUT2D eigenvalue weighted by molar-refractivity contribution is -0.118. The van der Waals surface area contributed by atoms with Gasteiger partial charge in [0, 0.05) is 13.5 Å². The summed E-state index contributed by atoms with van der Waals surface area (Å²) in [7, 11) is -3.54. The molecule has 7 nitrogen and oxygen atoms in total. The van der Waals surface area contributed by atoms with Crippen molar-refractivity contribution in [3.8, 4) is 5.75 Å². The van der Waals surface area contributed by atoms with Gasteiger partial charge in [0.25, 0.3) is 10.0 Å². The van der Waals surface area contributed by atoms with Gasteiger partial charge >= 0.3 is 0 Å². The van der Waals surface area contributed by atoms with Gasteiger partial charge in [-0.25, -0.2) is 8.42 Å². The Morgan fingerprint density at radius 2 is 2.18 bits per heavy atom. The number of amides is 1. The minimum atomic E-state index is -3.54. The van der Waals surface area contributed by atoms with Gasteiger partial charge in [-0.2, -0.15) is 0 Å². The molecule has 1 heterocycles. The van der Waals surface area contributed by atoms with Crippen molar-refractivity contribution in [3.63, 3.8) is 0 Å². The van der Waals surface area contributed by atoms with Crippen LogP contribution in [0.4, 0.5) is 0 Å². The monoisotopic (exact) mass is 325 g/mol. The maximum Gasteiger partial charge on any atom is 0.259 e. The standard InChI is InChI=1S/C14H19N3O4S/c1-10(18)16-7-2-3-8-21-12-6-4-5-11-9-22(19,20)17-14(15)13(11)12/h4-6H,2-3,7-9H2,1H3,(H2,15,17)(H,16,18). The van der Waals surface area contributed by atoms with E-state index in [2.05, 4.69) is 9.71 Å². The van der Waals surface area contributed by atoms with Crippen molar-refractivity contribution in [1.82, 2.24) is 5.32 Å². The molecule has 1 aliphatic rings. The number of amidine groups is 1. The Kier molecular flexibility index (Phi) is 5.02. The molecule has 0 fully saturated rings. The van der Waals surface area contributed by atoms with Crippen molar-refractivity contribution < 1.29 is 17.9 Å². The lowest BCUT2D eigenvalue weighted by atomic mass is 10.1. The highest BCUT2D eigenvalue weighted by Crippen LogP contribution is 2.28. The zero-order chi connectivity index (χ0) is 16.2. The number of rotatable bonds is 6. The zero-order valence-electron chi connectivity index (χ0n) is 12.3. The molecule has 2 rings (SSSR count). The molecule has 1 aliphatic heterocycles. The van der Waals surface area contributed by atoms with Gasteiger partial charge in [-0.1, -0.05) is 12.1 Å². The summed E-state index contributed by atoms with van der Waals surface area (Å²) in [4.78, 5) is 10.7. The smallest absolute Gasteiger partial charge is 0.259 e. The number of hydrogen-bond donors (Lipinski definition) is 2. The third-order valence-electron chi connectivity index (χ3n) is 3.15. The van der Waals surface area contributed by atoms with Crippen LogP contribution in [0, 0.1) is 0 Å². The molecule has 8 heteroatoms. The summed E-state index contributed by atoms with van der Waals surface area (Å²) < 4.78 is 32.4. The van der Waals surface area contributed by atoms with E-state index < -0.39 is 10.0 Å². The zero-order valence-corrected chi connectivity index (χ0v) is 13.1. The van der Waals surface area contributed by atoms with Crippen LogP contribution in [0.3, 0.4) is 0 Å². The first-order valence-electron chi connectivity index (χ1n) is 6.96. The van der Waals surface area contributed by atoms with E-state index in [9.17, 15) is 13.2 Å². The number of nitrogens with two attached hydrogens (primary N) is 1. The van der Waals surface area contributed by atoms with Gasteiger partial charge < -0.3 is 15.8 Å². The predicted molar refractivity (Wildman–Crippen MR) is 83.2 cm³/mol. The number of sulfonamides is 1. The molecule has 120 valence electrons. The SMILES string of the molecule is CC(=O)NCCCCOc1cccc2c1C(N)=NS(=O)(=O)C2. The second kappa shape index (κ2) is 6.78. The average molecular weight is 325 g/mol. The lowest BCUT2D eigenvalue weighted by Gasteiger charge is -2.18. The van der Waals surface area contributed by atoms with E-state index in [-0.39, 0.29) is 17.5 Å². The van der Waals surface area contributed by atoms with Crippen LogP contribution in [-0.4, -0.2) is 33.3 Å². The maximum atomic E-state index is 11.6. The van der Waals surface area contributed by atoms with Crippen molar-refractivity contribution in [2.75, 3.05) is 13.2 Å². The highest BCUT2D eigenvalue weighted by Gasteiger charge is 2.24. The number of ether oxygens (including phenoxy) is 1. The predicted octanol–water partition coefficient (Wildman–Crippen LogP) is 0.530. The van der Waals surface area contributed by atoms with E-state index in [0.29, 0.717) is 30.0 Å². The molecule has 1 aromatic carbocycles. The van der Waals surface area contributed by atoms with Crippen LogP contribution < -0.4 is 15.8 Å². The van der Waals surface area contributed by atoms with Crippen LogP contribution in [-0.2, 0) is 20.6 Å². The van der Waals surface area contributed by atoms with Crippen LogP contribution in [0.15, 0.2) is 22.6 Å². The quantitative estimate of drug-likeness (QED) is 0.741. The molecule has 0 aliphatic carbocycles. The van der Waals surface area contributed by atoms with Gasteiger partial charge in [-0.05, 0) is 24.5 Å². The van der Waals surface area contributed by atoms with Gasteiger partial charge in [0.1, 0.15) is 11.6 Å². The Hall–Kier alpha value is -2.09. The fourth-order valence-corrected chi connectivity index (χ4v) is 3.29. The lowest BCUT2D eigenvalue weighted by Crippen LogP contribution is -2.25. The fourth-order valence-electron chi connectivity index (χ4n) is 2.21. The Morgan fingerprint density at radius 1 is 1.41 bits per heavy atom. The molecule has 0 spiro atoms. The van der Waals surface area contributed by atoms with Crippen molar-refractivity contribution >= 4 is 21.8 Å². The number of nitrogens with zero attached hydrogens (tertiary/aromatic N) is 1. The Bertz CT molecular complexity index is 698. The van der Waals surface area contributed by atoms with E-state index in [1.54, 1.807) is 18.2 Å². The topological polar surface area (TPSA) is 111 Å². The van der Waals surface area contributed by atoms with Crippen LogP contribution in [0.1, 0.15) is 30.9 Å². The molecule has 0 saturated carbocycles. The number of hydrogen-bond acceptors (Lipinski definition) is 5. The second-order valence-corrected chi connectivity index (χ2v) is 6.67. The van der Waals surface area contributed by atoms with Crippen LogP contribution in [0.2, 0.25) is 0 Å². The van der Waals surface area contributed by atoms with Gasteiger partial charge in [0.2, 0.25) is 5.91 Å². The first-order chi connectivity index (χ1) is 10.4. The summed E-state index contributed by atoms with van der Waals surface area (Å²) >= 11 is 0. The van der Waals surface area contributed by atoms with Crippen LogP contribution >= 0.6 is 0 Å². The number of carbonyl (C=O) groups excluding carboxylic acids is 1. The summed E-state index contributed by atoms with van der Waals surface area (Å²) in [5, 5.41) is 2.71. The van der Waals surface area contributed by atoms with Crippen molar-refractivity contribution in [1.29, 1.82) is 0 Å². The average Bonchev–Trinajstić information content (AvgIpc) is 2.40. The van der Waals surface area contributed by atoms with Gasteiger partial charge in [0.05, 0.1) is 17.9 Å². The van der Waals surface area contributed by atoms with Gasteiger partial charge in [0.15, 0.2) is 0 Å². The highest BCUT2D eigenvalue weighted by molar-refractivity contribution is 7.89. The van der Waals surface area contributed by atoms with Crippen molar-refractivity contribution in [2.45, 2.75) is 25.5 Å². The number of fused-ring (bicyclic) bond motifs is 1. The molecule has 1 aromatic rings. The third kappa shape index (κ3) is 4.20. The number of unbranched alkanes of at least 4 members (excludes halogenated alkanes) is 1. The molecule has 22 heavy (non-hydrogen) atoms. The highest BCUT2D eigenvalue weighted by atomic mass is 32.2. The summed E-state index contributed by atoms with van der Waals surface area (Å²) in [6.07, 6.45) is 1.56. The van der Waals surface area contributed by atoms with Crippen molar-refractivity contribution in [2.24, 2.45) is 10.1 Å². The van der Waals surface area contributed by atoms with E-state index in [1.807, 2.05) is 0 Å². The fraction of sp³-hybridized carbons (Fsp3) is 0.429. The van der Waals surface area contributed by atoms with E-state index in [4.69, 9.17) is 10.5 Å². The first kappa shape index (κ1) is 16.3. The largest absolute Gasteiger partial charge is 0.493 e. The number of nitrogens with one attached hydrogen (secondary N) is 1. The maximum absolute atomic E-state index is 11.6. The number of benzene rings is 1. The molecule has 0 atom stereocenters. The molecular formula is C14H19N3O4S. The van der Waals surface area contributed by atoms with Crippen LogP contribution in [0.25, 0.3) is 0 Å². The first-order valence-corrected chi connectivity index (χ1v) is 8.57. The van der Waals surface area contributed by atoms with E-state index >= 15 is 0 Å². The molecule has 0 bridgehead atoms. The minimum absolute atomic E-state index is 0.0323. The van der Waals surface area contributed by atoms with E-state index in [0.717, 1.165) is 12.8 Å². The summed E-state index contributed by atoms with van der Waals surface area (Å²) in [5.41, 5.74) is 6.91. The second-order valence-electron chi connectivity index (χ2n) is 5.03. The van der Waals surface area contributed by atoms with Crippen molar-refractivity contribution in [3.05, 3.63) is 29.3 Å². The Morgan fingerprint density at radius 3 is 2.91 bits per heavy atom. The van der Waals surface area contributed by atoms with Crippen LogP contribution in [0.5, 0.6) is 5.75 Å². The molecule has 3 N–H and O–H groups in total. The van der Waals surface area contributed by atoms with E-state index in [1.165, 1.54) is 6.92 Å². The molecular weight excluding hydrogens is 306 g/mol. The van der Waals surface area contributed by atoms with Gasteiger partial charge in [-0.3, -0.25) is 4.79 Å². The minimum Gasteiger partial charge on any atom is -0.493 e. The Balaban J connectivity index is 1.98.